The highest BCUT2D eigenvalue weighted by Gasteiger charge is 2.43. The van der Waals surface area contributed by atoms with E-state index in [1.54, 1.807) is 4.90 Å². The molecule has 4 aliphatic heterocycles. The third kappa shape index (κ3) is 5.03. The number of nitrogens with one attached hydrogen (secondary N) is 1. The molecule has 3 atom stereocenters. The van der Waals surface area contributed by atoms with Gasteiger partial charge in [0.05, 0.1) is 31.4 Å². The summed E-state index contributed by atoms with van der Waals surface area (Å²) in [6.07, 6.45) is 3.90. The van der Waals surface area contributed by atoms with Crippen LogP contribution in [0.4, 0.5) is 4.79 Å². The van der Waals surface area contributed by atoms with Crippen LogP contribution >= 0.6 is 0 Å². The van der Waals surface area contributed by atoms with Gasteiger partial charge in [0.1, 0.15) is 0 Å². The highest BCUT2D eigenvalue weighted by atomic mass is 16.5. The summed E-state index contributed by atoms with van der Waals surface area (Å²) < 4.78 is 5.60. The molecule has 3 fully saturated rings. The number of carbonyl (C=O) groups is 2. The monoisotopic (exact) mass is 456 g/mol. The zero-order valence-corrected chi connectivity index (χ0v) is 19.3. The maximum absolute atomic E-state index is 13.1. The third-order valence-electron chi connectivity index (χ3n) is 7.79. The number of urea groups is 1. The van der Waals surface area contributed by atoms with E-state index in [0.717, 1.165) is 32.4 Å². The van der Waals surface area contributed by atoms with Crippen molar-refractivity contribution in [3.8, 4) is 0 Å². The van der Waals surface area contributed by atoms with Gasteiger partial charge < -0.3 is 25.0 Å². The molecule has 180 valence electrons. The van der Waals surface area contributed by atoms with E-state index in [0.29, 0.717) is 45.7 Å². The van der Waals surface area contributed by atoms with E-state index in [-0.39, 0.29) is 36.5 Å². The van der Waals surface area contributed by atoms with Gasteiger partial charge in [0.25, 0.3) is 0 Å². The lowest BCUT2D eigenvalue weighted by molar-refractivity contribution is -0.146. The number of β-amino-alcohol motifs (C(OH)–C–C–N with tert-alkyl or cyclic N) is 1. The molecule has 8 heteroatoms. The van der Waals surface area contributed by atoms with E-state index in [1.165, 1.54) is 11.1 Å². The number of morpholine rings is 1. The molecule has 5 rings (SSSR count). The Labute approximate surface area is 195 Å². The number of piperidine rings is 1. The Balaban J connectivity index is 1.03. The summed E-state index contributed by atoms with van der Waals surface area (Å²) in [5, 5.41) is 13.4. The van der Waals surface area contributed by atoms with Crippen molar-refractivity contribution in [2.75, 3.05) is 45.9 Å². The minimum Gasteiger partial charge on any atom is -0.390 e. The predicted octanol–water partition coefficient (Wildman–Crippen LogP) is 1.22. The molecule has 1 aromatic carbocycles. The van der Waals surface area contributed by atoms with E-state index in [2.05, 4.69) is 39.4 Å². The first-order valence-corrected chi connectivity index (χ1v) is 12.5. The maximum atomic E-state index is 13.1. The van der Waals surface area contributed by atoms with Gasteiger partial charge in [-0.3, -0.25) is 9.69 Å². The molecular weight excluding hydrogens is 420 g/mol. The normalized spacial score (nSPS) is 26.7. The molecule has 0 aliphatic carbocycles. The second kappa shape index (κ2) is 9.99. The number of hydrogen-bond acceptors (Lipinski definition) is 5. The number of benzene rings is 1. The highest BCUT2D eigenvalue weighted by molar-refractivity contribution is 5.81. The Morgan fingerprint density at radius 2 is 1.73 bits per heavy atom. The Morgan fingerprint density at radius 3 is 2.45 bits per heavy atom. The molecule has 2 N–H and O–H groups in total. The lowest BCUT2D eigenvalue weighted by atomic mass is 9.94. The number of aliphatic hydroxyl groups excluding tert-OH is 1. The summed E-state index contributed by atoms with van der Waals surface area (Å²) in [6.45, 7) is 5.05. The molecular formula is C25H36N4O4. The number of aliphatic hydroxyl groups is 1. The Morgan fingerprint density at radius 1 is 1.03 bits per heavy atom. The molecule has 33 heavy (non-hydrogen) atoms. The molecule has 8 nitrogen and oxygen atoms in total. The number of nitrogens with zero attached hydrogens (tertiary/aromatic N) is 3. The van der Waals surface area contributed by atoms with Crippen molar-refractivity contribution in [3.63, 3.8) is 0 Å². The second-order valence-electron chi connectivity index (χ2n) is 10.0. The van der Waals surface area contributed by atoms with Crippen LogP contribution in [-0.4, -0.2) is 95.9 Å². The summed E-state index contributed by atoms with van der Waals surface area (Å²) in [5.41, 5.74) is 2.71. The third-order valence-corrected chi connectivity index (χ3v) is 7.79. The van der Waals surface area contributed by atoms with Crippen molar-refractivity contribution in [1.29, 1.82) is 0 Å². The van der Waals surface area contributed by atoms with Gasteiger partial charge in [0.15, 0.2) is 0 Å². The van der Waals surface area contributed by atoms with Gasteiger partial charge >= 0.3 is 6.03 Å². The van der Waals surface area contributed by atoms with Gasteiger partial charge in [-0.05, 0) is 43.2 Å². The first-order chi connectivity index (χ1) is 16.1. The molecule has 0 radical (unpaired) electrons. The van der Waals surface area contributed by atoms with Crippen molar-refractivity contribution in [3.05, 3.63) is 35.4 Å². The van der Waals surface area contributed by atoms with Gasteiger partial charge in [-0.15, -0.1) is 0 Å². The SMILES string of the molecule is O=C(NCC(O)CN1CCc2ccccc2C1)N1CCC(C(=O)N2C3CCC2COC3)CC1. The molecule has 1 aromatic rings. The Hall–Kier alpha value is -2.16. The van der Waals surface area contributed by atoms with E-state index in [1.807, 2.05) is 0 Å². The van der Waals surface area contributed by atoms with Crippen LogP contribution < -0.4 is 5.32 Å². The van der Waals surface area contributed by atoms with E-state index in [4.69, 9.17) is 4.74 Å². The number of fused-ring (bicyclic) bond motifs is 3. The van der Waals surface area contributed by atoms with Crippen molar-refractivity contribution in [2.24, 2.45) is 5.92 Å². The zero-order valence-electron chi connectivity index (χ0n) is 19.3. The number of carbonyl (C=O) groups excluding carboxylic acids is 2. The van der Waals surface area contributed by atoms with Crippen LogP contribution in [0.1, 0.15) is 36.8 Å². The van der Waals surface area contributed by atoms with Crippen LogP contribution in [0, 0.1) is 5.92 Å². The van der Waals surface area contributed by atoms with Crippen LogP contribution in [0.25, 0.3) is 0 Å². The summed E-state index contributed by atoms with van der Waals surface area (Å²) in [7, 11) is 0. The van der Waals surface area contributed by atoms with Crippen LogP contribution in [0.5, 0.6) is 0 Å². The lowest BCUT2D eigenvalue weighted by Crippen LogP contribution is -2.54. The molecule has 0 aromatic heterocycles. The van der Waals surface area contributed by atoms with Gasteiger partial charge in [-0.25, -0.2) is 4.79 Å². The van der Waals surface area contributed by atoms with Gasteiger partial charge in [0.2, 0.25) is 5.91 Å². The number of likely N-dealkylation sites (tertiary alicyclic amines) is 1. The Bertz CT molecular complexity index is 841. The van der Waals surface area contributed by atoms with E-state index in [9.17, 15) is 14.7 Å². The highest BCUT2D eigenvalue weighted by Crippen LogP contribution is 2.32. The number of rotatable bonds is 5. The summed E-state index contributed by atoms with van der Waals surface area (Å²) >= 11 is 0. The fourth-order valence-corrected chi connectivity index (χ4v) is 5.92. The average Bonchev–Trinajstić information content (AvgIpc) is 3.10. The van der Waals surface area contributed by atoms with Crippen LogP contribution in [0.15, 0.2) is 24.3 Å². The standard InChI is InChI=1S/C25H36N4O4/c30-23(15-27-10-7-18-3-1-2-4-20(18)14-27)13-26-25(32)28-11-8-19(9-12-28)24(31)29-21-5-6-22(29)17-33-16-21/h1-4,19,21-23,30H,5-17H2,(H,26,32). The van der Waals surface area contributed by atoms with Crippen LogP contribution in [0.2, 0.25) is 0 Å². The molecule has 0 spiro atoms. The minimum absolute atomic E-state index is 0.00261. The molecule has 3 saturated heterocycles. The van der Waals surface area contributed by atoms with Crippen LogP contribution in [0.3, 0.4) is 0 Å². The molecule has 4 heterocycles. The first kappa shape index (κ1) is 22.6. The number of hydrogen-bond donors (Lipinski definition) is 2. The molecule has 4 aliphatic rings. The number of amides is 3. The van der Waals surface area contributed by atoms with Gasteiger partial charge in [-0.1, -0.05) is 24.3 Å². The lowest BCUT2D eigenvalue weighted by Gasteiger charge is -2.39. The van der Waals surface area contributed by atoms with E-state index >= 15 is 0 Å². The Kier molecular flexibility index (Phi) is 6.85. The van der Waals surface area contributed by atoms with Gasteiger partial charge in [-0.2, -0.15) is 0 Å². The summed E-state index contributed by atoms with van der Waals surface area (Å²) in [6, 6.07) is 8.79. The molecule has 2 bridgehead atoms. The predicted molar refractivity (Wildman–Crippen MR) is 124 cm³/mol. The van der Waals surface area contributed by atoms with E-state index < -0.39 is 6.10 Å². The topological polar surface area (TPSA) is 85.3 Å². The first-order valence-electron chi connectivity index (χ1n) is 12.5. The van der Waals surface area contributed by atoms with Crippen molar-refractivity contribution < 1.29 is 19.4 Å². The zero-order chi connectivity index (χ0) is 22.8. The largest absolute Gasteiger partial charge is 0.390 e. The molecule has 3 amide bonds. The van der Waals surface area contributed by atoms with Crippen LogP contribution in [-0.2, 0) is 22.5 Å². The van der Waals surface area contributed by atoms with Gasteiger partial charge in [0, 0.05) is 45.2 Å². The second-order valence-corrected chi connectivity index (χ2v) is 10.0. The maximum Gasteiger partial charge on any atom is 0.317 e. The fraction of sp³-hybridized carbons (Fsp3) is 0.680. The van der Waals surface area contributed by atoms with Crippen molar-refractivity contribution in [1.82, 2.24) is 20.0 Å². The molecule has 3 unspecified atom stereocenters. The smallest absolute Gasteiger partial charge is 0.317 e. The number of ether oxygens (including phenoxy) is 1. The minimum atomic E-state index is -0.602. The fourth-order valence-electron chi connectivity index (χ4n) is 5.92. The van der Waals surface area contributed by atoms with Crippen molar-refractivity contribution in [2.45, 2.75) is 56.8 Å². The average molecular weight is 457 g/mol. The summed E-state index contributed by atoms with van der Waals surface area (Å²) in [5.74, 6) is 0.257. The summed E-state index contributed by atoms with van der Waals surface area (Å²) in [4.78, 5) is 31.8. The molecule has 0 saturated carbocycles. The quantitative estimate of drug-likeness (QED) is 0.696. The van der Waals surface area contributed by atoms with Crippen molar-refractivity contribution >= 4 is 11.9 Å².